The predicted octanol–water partition coefficient (Wildman–Crippen LogP) is 3.16. The maximum absolute atomic E-state index is 13.8. The highest BCUT2D eigenvalue weighted by Gasteiger charge is 2.11. The second kappa shape index (κ2) is 8.12. The molecule has 1 aromatic rings. The molecule has 0 bridgehead atoms. The molecule has 3 nitrogen and oxygen atoms in total. The minimum Gasteiger partial charge on any atom is -0.497 e. The molecule has 0 spiro atoms. The summed E-state index contributed by atoms with van der Waals surface area (Å²) in [7, 11) is 1.53. The van der Waals surface area contributed by atoms with E-state index in [-0.39, 0.29) is 11.9 Å². The third-order valence-electron chi connectivity index (χ3n) is 2.82. The summed E-state index contributed by atoms with van der Waals surface area (Å²) in [5, 5.41) is 3.25. The summed E-state index contributed by atoms with van der Waals surface area (Å²) in [4.78, 5) is 0. The standard InChI is InChI=1S/C15H24FNO2/c1-11(2)10-19-8-7-17-12(3)14-6-5-13(18-4)9-15(14)16/h5-6,9,11-12,17H,7-8,10H2,1-4H3. The zero-order chi connectivity index (χ0) is 14.3. The summed E-state index contributed by atoms with van der Waals surface area (Å²) in [6.07, 6.45) is 0. The van der Waals surface area contributed by atoms with E-state index < -0.39 is 0 Å². The number of benzene rings is 1. The molecule has 0 heterocycles. The van der Waals surface area contributed by atoms with Crippen molar-refractivity contribution >= 4 is 0 Å². The lowest BCUT2D eigenvalue weighted by Crippen LogP contribution is -2.24. The van der Waals surface area contributed by atoms with Gasteiger partial charge in [-0.2, -0.15) is 0 Å². The zero-order valence-corrected chi connectivity index (χ0v) is 12.2. The molecule has 1 N–H and O–H groups in total. The molecule has 0 radical (unpaired) electrons. The van der Waals surface area contributed by atoms with Crippen molar-refractivity contribution in [2.24, 2.45) is 5.92 Å². The molecule has 0 saturated heterocycles. The van der Waals surface area contributed by atoms with Crippen molar-refractivity contribution in [2.45, 2.75) is 26.8 Å². The monoisotopic (exact) mass is 269 g/mol. The van der Waals surface area contributed by atoms with Crippen LogP contribution in [0.4, 0.5) is 4.39 Å². The molecule has 0 fully saturated rings. The van der Waals surface area contributed by atoms with Crippen LogP contribution >= 0.6 is 0 Å². The van der Waals surface area contributed by atoms with Crippen LogP contribution in [0.2, 0.25) is 0 Å². The average Bonchev–Trinajstić information content (AvgIpc) is 2.37. The Morgan fingerprint density at radius 3 is 2.58 bits per heavy atom. The van der Waals surface area contributed by atoms with Crippen molar-refractivity contribution in [3.8, 4) is 5.75 Å². The summed E-state index contributed by atoms with van der Waals surface area (Å²) in [6.45, 7) is 8.27. The van der Waals surface area contributed by atoms with Gasteiger partial charge in [-0.15, -0.1) is 0 Å². The fraction of sp³-hybridized carbons (Fsp3) is 0.600. The first-order valence-electron chi connectivity index (χ1n) is 6.69. The van der Waals surface area contributed by atoms with E-state index in [2.05, 4.69) is 19.2 Å². The van der Waals surface area contributed by atoms with Crippen molar-refractivity contribution in [3.63, 3.8) is 0 Å². The van der Waals surface area contributed by atoms with E-state index in [1.165, 1.54) is 13.2 Å². The van der Waals surface area contributed by atoms with Crippen LogP contribution in [0.3, 0.4) is 0 Å². The fourth-order valence-electron chi connectivity index (χ4n) is 1.76. The molecule has 0 aliphatic rings. The molecule has 0 aliphatic heterocycles. The molecular weight excluding hydrogens is 245 g/mol. The maximum Gasteiger partial charge on any atom is 0.131 e. The van der Waals surface area contributed by atoms with Crippen molar-refractivity contribution in [1.82, 2.24) is 5.32 Å². The second-order valence-electron chi connectivity index (χ2n) is 5.03. The molecule has 1 rings (SSSR count). The normalized spacial score (nSPS) is 12.7. The molecule has 19 heavy (non-hydrogen) atoms. The molecule has 1 unspecified atom stereocenters. The van der Waals surface area contributed by atoms with Crippen LogP contribution in [0.15, 0.2) is 18.2 Å². The molecule has 0 aliphatic carbocycles. The number of methoxy groups -OCH3 is 1. The Morgan fingerprint density at radius 2 is 2.00 bits per heavy atom. The quantitative estimate of drug-likeness (QED) is 0.735. The number of nitrogens with one attached hydrogen (secondary N) is 1. The molecule has 1 atom stereocenters. The first-order chi connectivity index (χ1) is 9.04. The summed E-state index contributed by atoms with van der Waals surface area (Å²) < 4.78 is 24.3. The zero-order valence-electron chi connectivity index (χ0n) is 12.2. The van der Waals surface area contributed by atoms with E-state index in [9.17, 15) is 4.39 Å². The molecule has 0 aromatic heterocycles. The topological polar surface area (TPSA) is 30.5 Å². The third-order valence-corrected chi connectivity index (χ3v) is 2.82. The van der Waals surface area contributed by atoms with Crippen molar-refractivity contribution in [2.75, 3.05) is 26.9 Å². The number of hydrogen-bond acceptors (Lipinski definition) is 3. The highest BCUT2D eigenvalue weighted by molar-refractivity contribution is 5.30. The summed E-state index contributed by atoms with van der Waals surface area (Å²) in [5.74, 6) is 0.827. The van der Waals surface area contributed by atoms with Gasteiger partial charge in [0.2, 0.25) is 0 Å². The number of hydrogen-bond donors (Lipinski definition) is 1. The highest BCUT2D eigenvalue weighted by atomic mass is 19.1. The van der Waals surface area contributed by atoms with Crippen LogP contribution in [0.1, 0.15) is 32.4 Å². The van der Waals surface area contributed by atoms with E-state index in [1.54, 1.807) is 12.1 Å². The van der Waals surface area contributed by atoms with E-state index in [0.29, 0.717) is 30.4 Å². The number of halogens is 1. The van der Waals surface area contributed by atoms with E-state index in [0.717, 1.165) is 6.61 Å². The minimum atomic E-state index is -0.248. The van der Waals surface area contributed by atoms with Crippen molar-refractivity contribution in [1.29, 1.82) is 0 Å². The molecular formula is C15H24FNO2. The first-order valence-corrected chi connectivity index (χ1v) is 6.69. The van der Waals surface area contributed by atoms with Gasteiger partial charge in [0.05, 0.1) is 13.7 Å². The molecule has 108 valence electrons. The molecule has 4 heteroatoms. The third kappa shape index (κ3) is 5.57. The Balaban J connectivity index is 2.39. The van der Waals surface area contributed by atoms with E-state index >= 15 is 0 Å². The van der Waals surface area contributed by atoms with Crippen LogP contribution in [-0.2, 0) is 4.74 Å². The van der Waals surface area contributed by atoms with Gasteiger partial charge in [-0.3, -0.25) is 0 Å². The van der Waals surface area contributed by atoms with Crippen LogP contribution in [0.25, 0.3) is 0 Å². The Kier molecular flexibility index (Phi) is 6.81. The van der Waals surface area contributed by atoms with Crippen LogP contribution in [-0.4, -0.2) is 26.9 Å². The first kappa shape index (κ1) is 15.9. The van der Waals surface area contributed by atoms with Gasteiger partial charge < -0.3 is 14.8 Å². The average molecular weight is 269 g/mol. The van der Waals surface area contributed by atoms with Gasteiger partial charge >= 0.3 is 0 Å². The van der Waals surface area contributed by atoms with Crippen LogP contribution < -0.4 is 10.1 Å². The van der Waals surface area contributed by atoms with Crippen LogP contribution in [0.5, 0.6) is 5.75 Å². The molecule has 1 aromatic carbocycles. The van der Waals surface area contributed by atoms with Gasteiger partial charge in [-0.1, -0.05) is 19.9 Å². The Bertz CT molecular complexity index is 382. The SMILES string of the molecule is COc1ccc(C(C)NCCOCC(C)C)c(F)c1. The Labute approximate surface area is 115 Å². The number of ether oxygens (including phenoxy) is 2. The van der Waals surface area contributed by atoms with Gasteiger partial charge in [0.25, 0.3) is 0 Å². The lowest BCUT2D eigenvalue weighted by molar-refractivity contribution is 0.110. The summed E-state index contributed by atoms with van der Waals surface area (Å²) in [6, 6.07) is 4.88. The smallest absolute Gasteiger partial charge is 0.131 e. The molecule has 0 amide bonds. The van der Waals surface area contributed by atoms with Crippen molar-refractivity contribution < 1.29 is 13.9 Å². The van der Waals surface area contributed by atoms with E-state index in [1.807, 2.05) is 6.92 Å². The van der Waals surface area contributed by atoms with Crippen LogP contribution in [0, 0.1) is 11.7 Å². The largest absolute Gasteiger partial charge is 0.497 e. The predicted molar refractivity (Wildman–Crippen MR) is 75.0 cm³/mol. The van der Waals surface area contributed by atoms with Gasteiger partial charge in [0.1, 0.15) is 11.6 Å². The summed E-state index contributed by atoms with van der Waals surface area (Å²) in [5.41, 5.74) is 0.643. The van der Waals surface area contributed by atoms with Crippen molar-refractivity contribution in [3.05, 3.63) is 29.6 Å². The Morgan fingerprint density at radius 1 is 1.26 bits per heavy atom. The second-order valence-corrected chi connectivity index (χ2v) is 5.03. The highest BCUT2D eigenvalue weighted by Crippen LogP contribution is 2.21. The Hall–Kier alpha value is -1.13. The fourth-order valence-corrected chi connectivity index (χ4v) is 1.76. The van der Waals surface area contributed by atoms with Gasteiger partial charge in [0, 0.05) is 30.8 Å². The van der Waals surface area contributed by atoms with E-state index in [4.69, 9.17) is 9.47 Å². The lowest BCUT2D eigenvalue weighted by Gasteiger charge is -2.16. The van der Waals surface area contributed by atoms with Gasteiger partial charge in [0.15, 0.2) is 0 Å². The number of rotatable bonds is 8. The summed E-state index contributed by atoms with van der Waals surface area (Å²) >= 11 is 0. The lowest BCUT2D eigenvalue weighted by atomic mass is 10.1. The van der Waals surface area contributed by atoms with Gasteiger partial charge in [-0.05, 0) is 18.9 Å². The van der Waals surface area contributed by atoms with Gasteiger partial charge in [-0.25, -0.2) is 4.39 Å². The molecule has 0 saturated carbocycles. The minimum absolute atomic E-state index is 0.0476. The maximum atomic E-state index is 13.8.